The van der Waals surface area contributed by atoms with Crippen molar-refractivity contribution in [2.75, 3.05) is 0 Å². The van der Waals surface area contributed by atoms with Crippen molar-refractivity contribution < 1.29 is 14.7 Å². The molecule has 2 aromatic heterocycles. The number of nitrogens with one attached hydrogen (secondary N) is 1. The van der Waals surface area contributed by atoms with E-state index in [2.05, 4.69) is 31.6 Å². The molecule has 0 radical (unpaired) electrons. The molecule has 0 aliphatic carbocycles. The van der Waals surface area contributed by atoms with Crippen molar-refractivity contribution in [2.24, 2.45) is 0 Å². The number of hydrogen-bond acceptors (Lipinski definition) is 5. The minimum atomic E-state index is -0.997. The number of aliphatic carboxylic acids is 1. The second kappa shape index (κ2) is 5.93. The van der Waals surface area contributed by atoms with Gasteiger partial charge in [0.1, 0.15) is 12.2 Å². The van der Waals surface area contributed by atoms with E-state index in [1.807, 2.05) is 0 Å². The molecule has 0 saturated carbocycles. The highest BCUT2D eigenvalue weighted by atomic mass is 79.9. The fraction of sp³-hybridized carbons (Fsp3) is 0.200. The van der Waals surface area contributed by atoms with Gasteiger partial charge in [0.25, 0.3) is 5.91 Å². The zero-order valence-electron chi connectivity index (χ0n) is 9.54. The first-order valence-electron chi connectivity index (χ1n) is 5.17. The molecule has 0 saturated heterocycles. The van der Waals surface area contributed by atoms with Gasteiger partial charge in [0.2, 0.25) is 0 Å². The fourth-order valence-electron chi connectivity index (χ4n) is 1.34. The maximum atomic E-state index is 11.7. The van der Waals surface area contributed by atoms with Crippen LogP contribution in [0.25, 0.3) is 0 Å². The third-order valence-corrected chi connectivity index (χ3v) is 3.65. The molecule has 0 bridgehead atoms. The molecule has 0 aromatic carbocycles. The summed E-state index contributed by atoms with van der Waals surface area (Å²) in [5, 5.41) is 20.4. The number of nitrogens with zero attached hydrogens (tertiary/aromatic N) is 3. The van der Waals surface area contributed by atoms with Gasteiger partial charge >= 0.3 is 5.97 Å². The van der Waals surface area contributed by atoms with Crippen LogP contribution in [0.2, 0.25) is 0 Å². The van der Waals surface area contributed by atoms with Crippen LogP contribution in [-0.2, 0) is 17.9 Å². The van der Waals surface area contributed by atoms with E-state index >= 15 is 0 Å². The summed E-state index contributed by atoms with van der Waals surface area (Å²) in [5.74, 6) is -1.21. The topological polar surface area (TPSA) is 97.1 Å². The summed E-state index contributed by atoms with van der Waals surface area (Å²) in [6.45, 7) is -0.0512. The maximum Gasteiger partial charge on any atom is 0.325 e. The lowest BCUT2D eigenvalue weighted by Crippen LogP contribution is -2.22. The molecule has 2 heterocycles. The van der Waals surface area contributed by atoms with E-state index in [0.29, 0.717) is 11.3 Å². The second-order valence-electron chi connectivity index (χ2n) is 3.62. The number of rotatable bonds is 5. The normalized spacial score (nSPS) is 10.4. The minimum Gasteiger partial charge on any atom is -0.480 e. The molecule has 2 aromatic rings. The monoisotopic (exact) mass is 344 g/mol. The standard InChI is InChI=1S/C10H9BrN4O3S/c11-8-1-6(5-19-8)10(18)12-2-7-3-15(14-13-7)4-9(16)17/h1,3,5H,2,4H2,(H,12,18)(H,16,17). The van der Waals surface area contributed by atoms with Crippen molar-refractivity contribution in [1.82, 2.24) is 20.3 Å². The van der Waals surface area contributed by atoms with Gasteiger partial charge in [-0.25, -0.2) is 4.68 Å². The van der Waals surface area contributed by atoms with Crippen LogP contribution in [0.1, 0.15) is 16.1 Å². The number of thiophene rings is 1. The van der Waals surface area contributed by atoms with Crippen molar-refractivity contribution in [2.45, 2.75) is 13.1 Å². The van der Waals surface area contributed by atoms with Crippen molar-refractivity contribution in [3.8, 4) is 0 Å². The van der Waals surface area contributed by atoms with Gasteiger partial charge in [0.05, 0.1) is 22.1 Å². The number of carboxylic acids is 1. The van der Waals surface area contributed by atoms with Crippen molar-refractivity contribution in [3.63, 3.8) is 0 Å². The second-order valence-corrected chi connectivity index (χ2v) is 5.91. The minimum absolute atomic E-state index is 0.200. The van der Waals surface area contributed by atoms with Crippen LogP contribution < -0.4 is 5.32 Å². The lowest BCUT2D eigenvalue weighted by atomic mass is 10.3. The van der Waals surface area contributed by atoms with Crippen LogP contribution in [-0.4, -0.2) is 32.0 Å². The van der Waals surface area contributed by atoms with Crippen molar-refractivity contribution >= 4 is 39.1 Å². The summed E-state index contributed by atoms with van der Waals surface area (Å²) < 4.78 is 2.08. The molecule has 1 amide bonds. The fourth-order valence-corrected chi connectivity index (χ4v) is 2.47. The molecule has 0 fully saturated rings. The molecule has 19 heavy (non-hydrogen) atoms. The first-order valence-corrected chi connectivity index (χ1v) is 6.85. The Morgan fingerprint density at radius 1 is 1.53 bits per heavy atom. The summed E-state index contributed by atoms with van der Waals surface area (Å²) in [5.41, 5.74) is 1.07. The van der Waals surface area contributed by atoms with Gasteiger partial charge < -0.3 is 10.4 Å². The number of amides is 1. The third kappa shape index (κ3) is 3.86. The third-order valence-electron chi connectivity index (χ3n) is 2.14. The Labute approximate surface area is 120 Å². The zero-order valence-corrected chi connectivity index (χ0v) is 11.9. The first-order chi connectivity index (χ1) is 9.04. The Morgan fingerprint density at radius 3 is 2.95 bits per heavy atom. The number of carboxylic acid groups (broad SMARTS) is 1. The highest BCUT2D eigenvalue weighted by molar-refractivity contribution is 9.11. The maximum absolute atomic E-state index is 11.7. The van der Waals surface area contributed by atoms with E-state index in [4.69, 9.17) is 5.11 Å². The molecule has 0 aliphatic heterocycles. The Bertz CT molecular complexity index is 609. The Balaban J connectivity index is 1.90. The molecule has 9 heteroatoms. The number of halogens is 1. The lowest BCUT2D eigenvalue weighted by molar-refractivity contribution is -0.137. The van der Waals surface area contributed by atoms with Crippen LogP contribution in [0.4, 0.5) is 0 Å². The van der Waals surface area contributed by atoms with Crippen LogP contribution >= 0.6 is 27.3 Å². The van der Waals surface area contributed by atoms with Crippen molar-refractivity contribution in [1.29, 1.82) is 0 Å². The Kier molecular flexibility index (Phi) is 4.27. The predicted molar refractivity (Wildman–Crippen MR) is 70.8 cm³/mol. The molecule has 7 nitrogen and oxygen atoms in total. The molecule has 0 atom stereocenters. The van der Waals surface area contributed by atoms with E-state index in [1.54, 1.807) is 11.4 Å². The van der Waals surface area contributed by atoms with Gasteiger partial charge in [-0.1, -0.05) is 5.21 Å². The zero-order chi connectivity index (χ0) is 13.8. The van der Waals surface area contributed by atoms with Crippen molar-refractivity contribution in [3.05, 3.63) is 32.7 Å². The molecule has 0 unspecified atom stereocenters. The van der Waals surface area contributed by atoms with Crippen LogP contribution in [0, 0.1) is 0 Å². The van der Waals surface area contributed by atoms with Gasteiger partial charge in [0.15, 0.2) is 0 Å². The molecular weight excluding hydrogens is 336 g/mol. The highest BCUT2D eigenvalue weighted by Crippen LogP contribution is 2.20. The summed E-state index contributed by atoms with van der Waals surface area (Å²) in [7, 11) is 0. The number of aromatic nitrogens is 3. The average molecular weight is 345 g/mol. The van der Waals surface area contributed by atoms with E-state index < -0.39 is 5.97 Å². The summed E-state index contributed by atoms with van der Waals surface area (Å²) >= 11 is 4.70. The molecule has 0 aliphatic rings. The average Bonchev–Trinajstić information content (AvgIpc) is 2.94. The van der Waals surface area contributed by atoms with Gasteiger partial charge in [-0.05, 0) is 22.0 Å². The lowest BCUT2D eigenvalue weighted by Gasteiger charge is -1.99. The summed E-state index contributed by atoms with van der Waals surface area (Å²) in [4.78, 5) is 22.2. The van der Waals surface area contributed by atoms with E-state index in [9.17, 15) is 9.59 Å². The highest BCUT2D eigenvalue weighted by Gasteiger charge is 2.09. The predicted octanol–water partition coefficient (Wildman–Crippen LogP) is 1.12. The van der Waals surface area contributed by atoms with Crippen LogP contribution in [0.15, 0.2) is 21.4 Å². The Morgan fingerprint density at radius 2 is 2.32 bits per heavy atom. The Hall–Kier alpha value is -1.74. The summed E-state index contributed by atoms with van der Waals surface area (Å²) in [6, 6.07) is 1.72. The van der Waals surface area contributed by atoms with Gasteiger partial charge in [-0.2, -0.15) is 0 Å². The van der Waals surface area contributed by atoms with Gasteiger partial charge in [0, 0.05) is 5.38 Å². The quantitative estimate of drug-likeness (QED) is 0.846. The van der Waals surface area contributed by atoms with E-state index in [1.165, 1.54) is 22.2 Å². The number of carbonyl (C=O) groups excluding carboxylic acids is 1. The molecular formula is C10H9BrN4O3S. The largest absolute Gasteiger partial charge is 0.480 e. The summed E-state index contributed by atoms with van der Waals surface area (Å²) in [6.07, 6.45) is 1.48. The first kappa shape index (κ1) is 13.7. The van der Waals surface area contributed by atoms with Crippen LogP contribution in [0.5, 0.6) is 0 Å². The number of hydrogen-bond donors (Lipinski definition) is 2. The number of carbonyl (C=O) groups is 2. The SMILES string of the molecule is O=C(O)Cn1cc(CNC(=O)c2csc(Br)c2)nn1. The molecule has 100 valence electrons. The smallest absolute Gasteiger partial charge is 0.325 e. The molecule has 0 spiro atoms. The van der Waals surface area contributed by atoms with E-state index in [-0.39, 0.29) is 19.0 Å². The van der Waals surface area contributed by atoms with E-state index in [0.717, 1.165) is 3.79 Å². The molecule has 2 N–H and O–H groups in total. The van der Waals surface area contributed by atoms with Gasteiger partial charge in [-0.15, -0.1) is 16.4 Å². The van der Waals surface area contributed by atoms with Gasteiger partial charge in [-0.3, -0.25) is 9.59 Å². The molecule has 2 rings (SSSR count). The van der Waals surface area contributed by atoms with Crippen LogP contribution in [0.3, 0.4) is 0 Å².